The van der Waals surface area contributed by atoms with Gasteiger partial charge in [-0.1, -0.05) is 12.8 Å². The number of hydrogen-bond donors (Lipinski definition) is 1. The highest BCUT2D eigenvalue weighted by Gasteiger charge is 2.24. The predicted octanol–water partition coefficient (Wildman–Crippen LogP) is 2.64. The lowest BCUT2D eigenvalue weighted by molar-refractivity contribution is 0.248. The van der Waals surface area contributed by atoms with Gasteiger partial charge in [-0.2, -0.15) is 0 Å². The summed E-state index contributed by atoms with van der Waals surface area (Å²) in [6.07, 6.45) is 11.4. The molecule has 1 N–H and O–H groups in total. The van der Waals surface area contributed by atoms with Crippen molar-refractivity contribution in [1.29, 1.82) is 0 Å². The maximum absolute atomic E-state index is 4.63. The molecule has 19 heavy (non-hydrogen) atoms. The molecule has 0 spiro atoms. The first-order chi connectivity index (χ1) is 9.33. The Balaban J connectivity index is 1.76. The first-order valence-corrected chi connectivity index (χ1v) is 7.59. The molecule has 0 amide bonds. The van der Waals surface area contributed by atoms with Crippen molar-refractivity contribution in [3.8, 4) is 0 Å². The average Bonchev–Trinajstić information content (AvgIpc) is 2.92. The van der Waals surface area contributed by atoms with E-state index in [1.807, 2.05) is 12.4 Å². The second-order valence-electron chi connectivity index (χ2n) is 6.02. The van der Waals surface area contributed by atoms with Gasteiger partial charge in [-0.25, -0.2) is 4.98 Å². The van der Waals surface area contributed by atoms with Crippen LogP contribution in [0.5, 0.6) is 0 Å². The van der Waals surface area contributed by atoms with E-state index >= 15 is 0 Å². The van der Waals surface area contributed by atoms with Crippen LogP contribution in [0.15, 0.2) is 12.4 Å². The second-order valence-corrected chi connectivity index (χ2v) is 6.02. The Morgan fingerprint density at radius 2 is 1.89 bits per heavy atom. The zero-order chi connectivity index (χ0) is 13.1. The van der Waals surface area contributed by atoms with Gasteiger partial charge in [0.15, 0.2) is 0 Å². The zero-order valence-corrected chi connectivity index (χ0v) is 11.8. The second kappa shape index (κ2) is 5.87. The van der Waals surface area contributed by atoms with E-state index in [0.717, 1.165) is 12.4 Å². The van der Waals surface area contributed by atoms with Gasteiger partial charge >= 0.3 is 0 Å². The molecule has 4 nitrogen and oxygen atoms in total. The van der Waals surface area contributed by atoms with E-state index in [0.29, 0.717) is 12.0 Å². The number of piperidine rings is 1. The topological polar surface area (TPSA) is 41.1 Å². The summed E-state index contributed by atoms with van der Waals surface area (Å²) < 4.78 is 0. The van der Waals surface area contributed by atoms with Crippen LogP contribution in [0.2, 0.25) is 0 Å². The van der Waals surface area contributed by atoms with E-state index in [2.05, 4.69) is 27.2 Å². The molecule has 1 unspecified atom stereocenters. The van der Waals surface area contributed by atoms with Crippen molar-refractivity contribution in [3.63, 3.8) is 0 Å². The van der Waals surface area contributed by atoms with Crippen LogP contribution < -0.4 is 5.32 Å². The summed E-state index contributed by atoms with van der Waals surface area (Å²) in [6.45, 7) is 2.32. The first kappa shape index (κ1) is 12.9. The quantitative estimate of drug-likeness (QED) is 0.907. The van der Waals surface area contributed by atoms with E-state index in [4.69, 9.17) is 0 Å². The summed E-state index contributed by atoms with van der Waals surface area (Å²) in [5, 5.41) is 3.63. The fourth-order valence-electron chi connectivity index (χ4n) is 3.41. The third-order valence-corrected chi connectivity index (χ3v) is 4.43. The fraction of sp³-hybridized carbons (Fsp3) is 0.733. The average molecular weight is 260 g/mol. The third kappa shape index (κ3) is 3.06. The number of aromatic nitrogens is 2. The minimum atomic E-state index is 0.538. The summed E-state index contributed by atoms with van der Waals surface area (Å²) >= 11 is 0. The van der Waals surface area contributed by atoms with E-state index < -0.39 is 0 Å². The van der Waals surface area contributed by atoms with E-state index in [-0.39, 0.29) is 0 Å². The van der Waals surface area contributed by atoms with E-state index in [1.165, 1.54) is 50.8 Å². The van der Waals surface area contributed by atoms with Crippen molar-refractivity contribution in [2.45, 2.75) is 50.5 Å². The van der Waals surface area contributed by atoms with Gasteiger partial charge in [0.1, 0.15) is 5.82 Å². The maximum atomic E-state index is 4.63. The molecular weight excluding hydrogens is 236 g/mol. The van der Waals surface area contributed by atoms with Crippen LogP contribution in [0, 0.1) is 0 Å². The highest BCUT2D eigenvalue weighted by atomic mass is 15.1. The molecular formula is C15H24N4. The van der Waals surface area contributed by atoms with Crippen LogP contribution in [0.4, 0.5) is 5.82 Å². The number of nitrogens with one attached hydrogen (secondary N) is 1. The van der Waals surface area contributed by atoms with E-state index in [9.17, 15) is 0 Å². The van der Waals surface area contributed by atoms with Gasteiger partial charge in [-0.05, 0) is 39.3 Å². The van der Waals surface area contributed by atoms with Gasteiger partial charge in [-0.15, -0.1) is 0 Å². The lowest BCUT2D eigenvalue weighted by Crippen LogP contribution is -2.32. The first-order valence-electron chi connectivity index (χ1n) is 7.59. The highest BCUT2D eigenvalue weighted by molar-refractivity contribution is 5.43. The van der Waals surface area contributed by atoms with Crippen molar-refractivity contribution in [1.82, 2.24) is 14.9 Å². The number of nitrogens with zero attached hydrogens (tertiary/aromatic N) is 3. The highest BCUT2D eigenvalue weighted by Crippen LogP contribution is 2.30. The monoisotopic (exact) mass is 260 g/mol. The Labute approximate surface area is 115 Å². The number of anilines is 1. The zero-order valence-electron chi connectivity index (χ0n) is 11.8. The molecule has 1 atom stereocenters. The van der Waals surface area contributed by atoms with Gasteiger partial charge in [0.05, 0.1) is 5.69 Å². The molecule has 1 aliphatic carbocycles. The number of likely N-dealkylation sites (N-methyl/N-ethyl adjacent to an activating group) is 1. The van der Waals surface area contributed by atoms with Crippen LogP contribution in [0.25, 0.3) is 0 Å². The van der Waals surface area contributed by atoms with Crippen LogP contribution >= 0.6 is 0 Å². The molecule has 1 saturated carbocycles. The third-order valence-electron chi connectivity index (χ3n) is 4.43. The minimum Gasteiger partial charge on any atom is -0.366 e. The molecule has 0 aromatic carbocycles. The summed E-state index contributed by atoms with van der Waals surface area (Å²) in [6, 6.07) is 0.608. The fourth-order valence-corrected chi connectivity index (χ4v) is 3.41. The van der Waals surface area contributed by atoms with Crippen LogP contribution in [-0.2, 0) is 0 Å². The Kier molecular flexibility index (Phi) is 3.97. The summed E-state index contributed by atoms with van der Waals surface area (Å²) in [4.78, 5) is 11.6. The molecule has 2 heterocycles. The van der Waals surface area contributed by atoms with Gasteiger partial charge in [0, 0.05) is 30.9 Å². The standard InChI is InChI=1S/C15H24N4/c1-19-10-4-5-12(11-19)14-15(17-9-8-16-14)18-13-6-2-3-7-13/h8-9,12-13H,2-7,10-11H2,1H3,(H,17,18). The lowest BCUT2D eigenvalue weighted by Gasteiger charge is -2.30. The molecule has 0 radical (unpaired) electrons. The Morgan fingerprint density at radius 1 is 1.11 bits per heavy atom. The largest absolute Gasteiger partial charge is 0.366 e. The normalized spacial score (nSPS) is 25.6. The smallest absolute Gasteiger partial charge is 0.148 e. The Hall–Kier alpha value is -1.16. The minimum absolute atomic E-state index is 0.538. The summed E-state index contributed by atoms with van der Waals surface area (Å²) in [5.74, 6) is 1.58. The Morgan fingerprint density at radius 3 is 2.68 bits per heavy atom. The number of rotatable bonds is 3. The van der Waals surface area contributed by atoms with E-state index in [1.54, 1.807) is 0 Å². The number of likely N-dealkylation sites (tertiary alicyclic amines) is 1. The molecule has 1 aromatic heterocycles. The van der Waals surface area contributed by atoms with Crippen molar-refractivity contribution in [3.05, 3.63) is 18.1 Å². The van der Waals surface area contributed by atoms with Crippen molar-refractivity contribution >= 4 is 5.82 Å². The molecule has 2 aliphatic rings. The molecule has 1 aliphatic heterocycles. The summed E-state index contributed by atoms with van der Waals surface area (Å²) in [5.41, 5.74) is 1.18. The maximum Gasteiger partial charge on any atom is 0.148 e. The molecule has 1 saturated heterocycles. The number of hydrogen-bond acceptors (Lipinski definition) is 4. The van der Waals surface area contributed by atoms with Crippen LogP contribution in [0.1, 0.15) is 50.1 Å². The SMILES string of the molecule is CN1CCCC(c2nccnc2NC2CCCC2)C1. The van der Waals surface area contributed by atoms with Gasteiger partial charge in [0.25, 0.3) is 0 Å². The van der Waals surface area contributed by atoms with Crippen LogP contribution in [0.3, 0.4) is 0 Å². The van der Waals surface area contributed by atoms with Gasteiger partial charge < -0.3 is 10.2 Å². The predicted molar refractivity (Wildman–Crippen MR) is 77.4 cm³/mol. The van der Waals surface area contributed by atoms with Crippen molar-refractivity contribution in [2.75, 3.05) is 25.5 Å². The molecule has 1 aromatic rings. The van der Waals surface area contributed by atoms with Gasteiger partial charge in [0.2, 0.25) is 0 Å². The summed E-state index contributed by atoms with van der Waals surface area (Å²) in [7, 11) is 2.20. The van der Waals surface area contributed by atoms with Crippen LogP contribution in [-0.4, -0.2) is 41.0 Å². The molecule has 3 rings (SSSR count). The van der Waals surface area contributed by atoms with Gasteiger partial charge in [-0.3, -0.25) is 4.98 Å². The molecule has 4 heteroatoms. The molecule has 2 fully saturated rings. The Bertz CT molecular complexity index is 414. The lowest BCUT2D eigenvalue weighted by atomic mass is 9.94. The van der Waals surface area contributed by atoms with Crippen molar-refractivity contribution < 1.29 is 0 Å². The van der Waals surface area contributed by atoms with Crippen molar-refractivity contribution in [2.24, 2.45) is 0 Å². The molecule has 0 bridgehead atoms. The molecule has 104 valence electrons.